The SMILES string of the molecule is COC(=O)[C@H](Cc1c[nH]c2ccccc12)NC(=O)[C@@H](OC)[C@@H]1Cc2cc3cc(OC4CC(OC5CC(O)C(O)C(C)O5)C(O)C(C)O4)c(C)c(O)c3c(O)c2C(=O)[C@H]1OC1CC(OC2CC(OC3CC(C)(O)C(O)C(C)O3)C(O)C(C)O2)C(O)C(C)O1. The van der Waals surface area contributed by atoms with Crippen LogP contribution < -0.4 is 10.1 Å². The van der Waals surface area contributed by atoms with Crippen LogP contribution in [0, 0.1) is 12.8 Å². The second-order valence-electron chi connectivity index (χ2n) is 24.3. The van der Waals surface area contributed by atoms with Gasteiger partial charge in [0.25, 0.3) is 0 Å². The fraction of sp³-hybridized carbons (Fsp3) is 0.656. The second-order valence-corrected chi connectivity index (χ2v) is 24.3. The smallest absolute Gasteiger partial charge is 0.328 e. The van der Waals surface area contributed by atoms with Gasteiger partial charge in [-0.15, -0.1) is 0 Å². The van der Waals surface area contributed by atoms with Gasteiger partial charge in [0.05, 0.1) is 78.6 Å². The lowest BCUT2D eigenvalue weighted by Gasteiger charge is -2.46. The first-order valence-corrected chi connectivity index (χ1v) is 29.6. The average Bonchev–Trinajstić information content (AvgIpc) is 1.28. The molecule has 5 aliphatic heterocycles. The monoisotopic (exact) mass is 1230 g/mol. The molecule has 1 aromatic heterocycles. The Morgan fingerprint density at radius 2 is 1.28 bits per heavy atom. The molecule has 11 N–H and O–H groups in total. The van der Waals surface area contributed by atoms with Crippen LogP contribution in [0.15, 0.2) is 42.6 Å². The van der Waals surface area contributed by atoms with Gasteiger partial charge in [0.2, 0.25) is 12.2 Å². The molecule has 3 aromatic carbocycles. The standard InChI is InChI=1S/C61H82N2O24/c1-24-38(83-43-19-39(51(67)26(3)79-43)84-42-18-37(64)50(66)25(2)78-42)17-31-14-30-15-34(57(76-8)59(73)63-36(60(74)77-9)16-32-23-62-35-13-11-10-12-33(32)35)56(55(71)48(30)54(70)47(31)49(24)65)87-45-21-40(52(68)28(5)81-45)85-44-20-41(53(69)27(4)80-44)86-46-22-61(7,75)58(72)29(6)82-46/h10-14,17,23,25-29,34,36-37,39-46,50-53,56-58,62,64-70,72,75H,15-16,18-22H2,1-9H3,(H,63,73)/t25?,26?,27?,28?,29?,34-,36+,37?,39?,40?,41?,42?,43?,44?,45?,46?,50?,51?,52?,53?,56+,57+,58?,61?/m1/s1. The Bertz CT molecular complexity index is 3090. The zero-order chi connectivity index (χ0) is 62.7. The molecule has 6 heterocycles. The summed E-state index contributed by atoms with van der Waals surface area (Å²) in [5.74, 6) is -4.65. The number of hydrogen-bond acceptors (Lipinski definition) is 24. The lowest BCUT2D eigenvalue weighted by molar-refractivity contribution is -0.334. The maximum absolute atomic E-state index is 15.4. The van der Waals surface area contributed by atoms with Crippen LogP contribution in [0.3, 0.4) is 0 Å². The molecule has 0 radical (unpaired) electrons. The van der Waals surface area contributed by atoms with Crippen molar-refractivity contribution in [2.75, 3.05) is 14.2 Å². The number of aromatic hydroxyl groups is 2. The van der Waals surface area contributed by atoms with Crippen molar-refractivity contribution in [3.63, 3.8) is 0 Å². The summed E-state index contributed by atoms with van der Waals surface area (Å²) in [4.78, 5) is 47.0. The summed E-state index contributed by atoms with van der Waals surface area (Å²) in [5, 5.41) is 104. The highest BCUT2D eigenvalue weighted by atomic mass is 16.7. The van der Waals surface area contributed by atoms with Gasteiger partial charge in [0.15, 0.2) is 30.9 Å². The molecule has 26 nitrogen and oxygen atoms in total. The van der Waals surface area contributed by atoms with E-state index in [-0.39, 0.29) is 78.2 Å². The molecule has 1 amide bonds. The molecule has 87 heavy (non-hydrogen) atoms. The fourth-order valence-corrected chi connectivity index (χ4v) is 13.0. The Labute approximate surface area is 501 Å². The number of ether oxygens (including phenoxy) is 12. The molecule has 4 aromatic rings. The number of H-pyrrole nitrogens is 1. The molecule has 6 aliphatic rings. The number of methoxy groups -OCH3 is 2. The second kappa shape index (κ2) is 26.3. The number of phenolic OH excluding ortho intramolecular Hbond substituents is 2. The maximum atomic E-state index is 15.4. The fourth-order valence-electron chi connectivity index (χ4n) is 13.0. The van der Waals surface area contributed by atoms with Crippen molar-refractivity contribution < 1.29 is 117 Å². The van der Waals surface area contributed by atoms with Gasteiger partial charge in [-0.3, -0.25) is 9.59 Å². The van der Waals surface area contributed by atoms with E-state index in [1.165, 1.54) is 34.1 Å². The van der Waals surface area contributed by atoms with E-state index in [1.807, 2.05) is 24.3 Å². The summed E-state index contributed by atoms with van der Waals surface area (Å²) in [6, 6.07) is 9.25. The maximum Gasteiger partial charge on any atom is 0.328 e. The first-order chi connectivity index (χ1) is 41.2. The van der Waals surface area contributed by atoms with E-state index in [1.54, 1.807) is 46.9 Å². The van der Waals surface area contributed by atoms with Crippen LogP contribution in [0.25, 0.3) is 21.7 Å². The Morgan fingerprint density at radius 1 is 0.724 bits per heavy atom. The van der Waals surface area contributed by atoms with Crippen molar-refractivity contribution in [2.45, 2.75) is 234 Å². The Kier molecular flexibility index (Phi) is 19.6. The lowest BCUT2D eigenvalue weighted by atomic mass is 9.76. The molecule has 0 spiro atoms. The third kappa shape index (κ3) is 13.4. The van der Waals surface area contributed by atoms with Gasteiger partial charge in [-0.2, -0.15) is 0 Å². The van der Waals surface area contributed by atoms with Gasteiger partial charge in [0, 0.05) is 74.2 Å². The van der Waals surface area contributed by atoms with E-state index in [2.05, 4.69) is 10.3 Å². The summed E-state index contributed by atoms with van der Waals surface area (Å²) in [7, 11) is 2.44. The first kappa shape index (κ1) is 64.8. The lowest BCUT2D eigenvalue weighted by Crippen LogP contribution is -2.58. The van der Waals surface area contributed by atoms with Crippen LogP contribution in [0.2, 0.25) is 0 Å². The molecule has 26 heteroatoms. The van der Waals surface area contributed by atoms with Gasteiger partial charge >= 0.3 is 5.97 Å². The van der Waals surface area contributed by atoms with Gasteiger partial charge in [0.1, 0.15) is 66.0 Å². The van der Waals surface area contributed by atoms with Crippen molar-refractivity contribution in [1.82, 2.24) is 10.3 Å². The number of benzene rings is 3. The van der Waals surface area contributed by atoms with Gasteiger partial charge in [-0.1, -0.05) is 18.2 Å². The molecule has 1 aliphatic carbocycles. The number of aromatic nitrogens is 1. The van der Waals surface area contributed by atoms with E-state index in [9.17, 15) is 55.5 Å². The molecule has 5 saturated heterocycles. The zero-order valence-corrected chi connectivity index (χ0v) is 49.9. The third-order valence-corrected chi connectivity index (χ3v) is 18.0. The summed E-state index contributed by atoms with van der Waals surface area (Å²) >= 11 is 0. The molecule has 24 atom stereocenters. The summed E-state index contributed by atoms with van der Waals surface area (Å²) in [6.45, 7) is 10.9. The van der Waals surface area contributed by atoms with Gasteiger partial charge in [-0.25, -0.2) is 4.79 Å². The number of amides is 1. The molecule has 480 valence electrons. The number of esters is 1. The minimum atomic E-state index is -1.67. The highest BCUT2D eigenvalue weighted by molar-refractivity contribution is 6.11. The van der Waals surface area contributed by atoms with E-state index < -0.39 is 176 Å². The Balaban J connectivity index is 0.936. The van der Waals surface area contributed by atoms with Crippen LogP contribution in [-0.2, 0) is 74.5 Å². The predicted molar refractivity (Wildman–Crippen MR) is 302 cm³/mol. The molecule has 5 fully saturated rings. The minimum absolute atomic E-state index is 0.00649. The predicted octanol–water partition coefficient (Wildman–Crippen LogP) is 1.82. The minimum Gasteiger partial charge on any atom is -0.507 e. The first-order valence-electron chi connectivity index (χ1n) is 29.6. The quantitative estimate of drug-likeness (QED) is 0.0672. The number of para-hydroxylation sites is 1. The van der Waals surface area contributed by atoms with Crippen LogP contribution in [0.1, 0.15) is 101 Å². The number of aliphatic hydroxyl groups is 7. The van der Waals surface area contributed by atoms with Crippen molar-refractivity contribution in [2.24, 2.45) is 5.92 Å². The van der Waals surface area contributed by atoms with Crippen molar-refractivity contribution >= 4 is 39.3 Å². The van der Waals surface area contributed by atoms with E-state index in [0.717, 1.165) is 10.9 Å². The number of fused-ring (bicyclic) bond motifs is 3. The number of hydrogen-bond donors (Lipinski definition) is 11. The van der Waals surface area contributed by atoms with Crippen LogP contribution in [0.4, 0.5) is 0 Å². The van der Waals surface area contributed by atoms with E-state index in [4.69, 9.17) is 56.8 Å². The molecular weight excluding hydrogens is 1140 g/mol. The summed E-state index contributed by atoms with van der Waals surface area (Å²) in [5.41, 5.74) is 0.0431. The molecule has 20 unspecified atom stereocenters. The normalized spacial score (nSPS) is 38.2. The van der Waals surface area contributed by atoms with Gasteiger partial charge in [-0.05, 0) is 89.6 Å². The highest BCUT2D eigenvalue weighted by Gasteiger charge is 2.51. The molecule has 0 bridgehead atoms. The number of aromatic amines is 1. The summed E-state index contributed by atoms with van der Waals surface area (Å²) in [6.07, 6.45) is -22.0. The van der Waals surface area contributed by atoms with Gasteiger partial charge < -0.3 is 113 Å². The van der Waals surface area contributed by atoms with Crippen molar-refractivity contribution in [3.8, 4) is 17.2 Å². The zero-order valence-electron chi connectivity index (χ0n) is 49.9. The average molecular weight is 1230 g/mol. The van der Waals surface area contributed by atoms with Crippen LogP contribution in [-0.4, -0.2) is 224 Å². The number of phenols is 2. The van der Waals surface area contributed by atoms with Crippen molar-refractivity contribution in [1.29, 1.82) is 0 Å². The Hall–Kier alpha value is -5.21. The third-order valence-electron chi connectivity index (χ3n) is 18.0. The highest BCUT2D eigenvalue weighted by Crippen LogP contribution is 2.48. The molecular formula is C61H82N2O24. The largest absolute Gasteiger partial charge is 0.507 e. The number of rotatable bonds is 17. The number of carbonyl (C=O) groups excluding carboxylic acids is 3. The number of aliphatic hydroxyl groups excluding tert-OH is 6. The van der Waals surface area contributed by atoms with Crippen LogP contribution in [0.5, 0.6) is 17.2 Å². The topological polar surface area (TPSA) is 372 Å². The van der Waals surface area contributed by atoms with E-state index in [0.29, 0.717) is 5.56 Å². The van der Waals surface area contributed by atoms with Crippen molar-refractivity contribution in [3.05, 3.63) is 64.8 Å². The molecule has 10 rings (SSSR count). The van der Waals surface area contributed by atoms with Crippen LogP contribution >= 0.6 is 0 Å². The number of ketones is 1. The number of carbonyl (C=O) groups is 3. The number of nitrogens with one attached hydrogen (secondary N) is 2. The molecule has 0 saturated carbocycles. The van der Waals surface area contributed by atoms with E-state index >= 15 is 4.79 Å². The number of Topliss-reactive ketones (excluding diaryl/α,β-unsaturated/α-hetero) is 1. The Morgan fingerprint density at radius 3 is 1.87 bits per heavy atom. The summed E-state index contributed by atoms with van der Waals surface area (Å²) < 4.78 is 72.8.